The normalized spacial score (nSPS) is 16.9. The van der Waals surface area contributed by atoms with Crippen LogP contribution in [0.3, 0.4) is 0 Å². The molecule has 0 aliphatic carbocycles. The molecule has 1 aliphatic rings. The number of carbonyl (C=O) groups is 3. The number of carbonyl (C=O) groups excluding carboxylic acids is 3. The van der Waals surface area contributed by atoms with E-state index in [1.165, 1.54) is 7.11 Å². The number of benzene rings is 1. The number of aryl methyl sites for hydroxylation is 1. The minimum Gasteiger partial charge on any atom is -0.468 e. The Labute approximate surface area is 120 Å². The molecule has 1 heterocycles. The summed E-state index contributed by atoms with van der Waals surface area (Å²) in [6.07, 6.45) is 1.66. The van der Waals surface area contributed by atoms with E-state index in [0.717, 1.165) is 27.8 Å². The fourth-order valence-electron chi connectivity index (χ4n) is 1.72. The molecule has 0 N–H and O–H groups in total. The number of rotatable bonds is 3. The predicted molar refractivity (Wildman–Crippen MR) is 75.9 cm³/mol. The molecule has 6 heteroatoms. The van der Waals surface area contributed by atoms with Crippen molar-refractivity contribution >= 4 is 35.0 Å². The van der Waals surface area contributed by atoms with Gasteiger partial charge in [0, 0.05) is 0 Å². The number of thioether (sulfide) groups is 1. The van der Waals surface area contributed by atoms with Gasteiger partial charge in [0.2, 0.25) is 0 Å². The average Bonchev–Trinajstić information content (AvgIpc) is 2.69. The number of ether oxygens (including phenoxy) is 1. The molecule has 0 atom stereocenters. The summed E-state index contributed by atoms with van der Waals surface area (Å²) in [6.45, 7) is 1.57. The van der Waals surface area contributed by atoms with Crippen LogP contribution in [0.4, 0.5) is 4.79 Å². The molecule has 20 heavy (non-hydrogen) atoms. The van der Waals surface area contributed by atoms with Gasteiger partial charge in [-0.1, -0.05) is 24.3 Å². The number of methoxy groups -OCH3 is 1. The molecular formula is C14H13NO4S. The first kappa shape index (κ1) is 14.3. The van der Waals surface area contributed by atoms with Gasteiger partial charge in [-0.05, 0) is 35.9 Å². The van der Waals surface area contributed by atoms with E-state index in [4.69, 9.17) is 0 Å². The van der Waals surface area contributed by atoms with E-state index in [-0.39, 0.29) is 6.54 Å². The second-order valence-electron chi connectivity index (χ2n) is 4.20. The van der Waals surface area contributed by atoms with Crippen molar-refractivity contribution < 1.29 is 19.1 Å². The van der Waals surface area contributed by atoms with Gasteiger partial charge < -0.3 is 4.74 Å². The highest BCUT2D eigenvalue weighted by molar-refractivity contribution is 8.18. The SMILES string of the molecule is COC(=O)CN1C(=O)SC(=Cc2ccccc2C)C1=O. The Morgan fingerprint density at radius 1 is 1.35 bits per heavy atom. The Hall–Kier alpha value is -2.08. The van der Waals surface area contributed by atoms with Crippen LogP contribution in [0.1, 0.15) is 11.1 Å². The monoisotopic (exact) mass is 291 g/mol. The van der Waals surface area contributed by atoms with Gasteiger partial charge in [0.1, 0.15) is 6.54 Å². The van der Waals surface area contributed by atoms with Gasteiger partial charge in [0.05, 0.1) is 12.0 Å². The van der Waals surface area contributed by atoms with Gasteiger partial charge in [-0.25, -0.2) is 0 Å². The van der Waals surface area contributed by atoms with Crippen LogP contribution in [-0.4, -0.2) is 35.7 Å². The van der Waals surface area contributed by atoms with Crippen molar-refractivity contribution in [3.63, 3.8) is 0 Å². The van der Waals surface area contributed by atoms with Gasteiger partial charge in [-0.2, -0.15) is 0 Å². The molecule has 1 aliphatic heterocycles. The van der Waals surface area contributed by atoms with E-state index in [2.05, 4.69) is 4.74 Å². The van der Waals surface area contributed by atoms with Gasteiger partial charge >= 0.3 is 5.97 Å². The van der Waals surface area contributed by atoms with Crippen molar-refractivity contribution in [2.45, 2.75) is 6.92 Å². The van der Waals surface area contributed by atoms with Crippen molar-refractivity contribution in [1.29, 1.82) is 0 Å². The quantitative estimate of drug-likeness (QED) is 0.631. The maximum atomic E-state index is 12.1. The van der Waals surface area contributed by atoms with Crippen LogP contribution in [-0.2, 0) is 14.3 Å². The molecule has 1 aromatic rings. The summed E-state index contributed by atoms with van der Waals surface area (Å²) in [7, 11) is 1.21. The van der Waals surface area contributed by atoms with Crippen molar-refractivity contribution in [2.75, 3.05) is 13.7 Å². The van der Waals surface area contributed by atoms with Crippen molar-refractivity contribution in [1.82, 2.24) is 4.90 Å². The molecule has 0 spiro atoms. The first-order valence-electron chi connectivity index (χ1n) is 5.90. The number of nitrogens with zero attached hydrogens (tertiary/aromatic N) is 1. The molecule has 2 rings (SSSR count). The summed E-state index contributed by atoms with van der Waals surface area (Å²) in [4.78, 5) is 36.2. The maximum absolute atomic E-state index is 12.1. The zero-order valence-corrected chi connectivity index (χ0v) is 11.9. The fraction of sp³-hybridized carbons (Fsp3) is 0.214. The molecule has 1 saturated heterocycles. The summed E-state index contributed by atoms with van der Waals surface area (Å²) < 4.78 is 4.47. The van der Waals surface area contributed by atoms with Crippen molar-refractivity contribution in [3.05, 3.63) is 40.3 Å². The molecule has 2 amide bonds. The number of hydrogen-bond donors (Lipinski definition) is 0. The first-order valence-corrected chi connectivity index (χ1v) is 6.72. The molecule has 0 unspecified atom stereocenters. The van der Waals surface area contributed by atoms with Gasteiger partial charge in [0.15, 0.2) is 0 Å². The lowest BCUT2D eigenvalue weighted by molar-refractivity contribution is -0.143. The molecule has 104 valence electrons. The number of esters is 1. The highest BCUT2D eigenvalue weighted by Gasteiger charge is 2.36. The Bertz CT molecular complexity index is 609. The molecular weight excluding hydrogens is 278 g/mol. The van der Waals surface area contributed by atoms with Gasteiger partial charge in [0.25, 0.3) is 11.1 Å². The van der Waals surface area contributed by atoms with Crippen LogP contribution >= 0.6 is 11.8 Å². The van der Waals surface area contributed by atoms with Crippen LogP contribution < -0.4 is 0 Å². The van der Waals surface area contributed by atoms with Crippen LogP contribution in [0.15, 0.2) is 29.2 Å². The van der Waals surface area contributed by atoms with E-state index in [1.54, 1.807) is 6.08 Å². The average molecular weight is 291 g/mol. The smallest absolute Gasteiger partial charge is 0.325 e. The second-order valence-corrected chi connectivity index (χ2v) is 5.19. The Kier molecular flexibility index (Phi) is 4.24. The Balaban J connectivity index is 2.24. The third kappa shape index (κ3) is 2.91. The summed E-state index contributed by atoms with van der Waals surface area (Å²) in [6, 6.07) is 7.54. The number of hydrogen-bond acceptors (Lipinski definition) is 5. The van der Waals surface area contributed by atoms with E-state index in [1.807, 2.05) is 31.2 Å². The molecule has 0 saturated carbocycles. The topological polar surface area (TPSA) is 63.7 Å². The predicted octanol–water partition coefficient (Wildman–Crippen LogP) is 2.20. The minimum atomic E-state index is -0.621. The summed E-state index contributed by atoms with van der Waals surface area (Å²) >= 11 is 0.829. The highest BCUT2D eigenvalue weighted by atomic mass is 32.2. The number of imide groups is 1. The maximum Gasteiger partial charge on any atom is 0.325 e. The van der Waals surface area contributed by atoms with E-state index in [9.17, 15) is 14.4 Å². The summed E-state index contributed by atoms with van der Waals surface area (Å²) in [5.74, 6) is -1.09. The van der Waals surface area contributed by atoms with Crippen LogP contribution in [0.5, 0.6) is 0 Å². The lowest BCUT2D eigenvalue weighted by Crippen LogP contribution is -2.34. The Morgan fingerprint density at radius 2 is 2.05 bits per heavy atom. The zero-order valence-electron chi connectivity index (χ0n) is 11.1. The van der Waals surface area contributed by atoms with Crippen LogP contribution in [0, 0.1) is 6.92 Å². The van der Waals surface area contributed by atoms with E-state index in [0.29, 0.717) is 4.91 Å². The molecule has 0 aromatic heterocycles. The Morgan fingerprint density at radius 3 is 2.70 bits per heavy atom. The summed E-state index contributed by atoms with van der Waals surface area (Å²) in [5, 5.41) is -0.458. The molecule has 1 fully saturated rings. The first-order chi connectivity index (χ1) is 9.52. The lowest BCUT2D eigenvalue weighted by Gasteiger charge is -2.09. The largest absolute Gasteiger partial charge is 0.468 e. The zero-order chi connectivity index (χ0) is 14.7. The van der Waals surface area contributed by atoms with Gasteiger partial charge in [-0.3, -0.25) is 19.3 Å². The molecule has 5 nitrogen and oxygen atoms in total. The van der Waals surface area contributed by atoms with Crippen LogP contribution in [0.25, 0.3) is 6.08 Å². The molecule has 0 bridgehead atoms. The molecule has 0 radical (unpaired) electrons. The fourth-order valence-corrected chi connectivity index (χ4v) is 2.55. The van der Waals surface area contributed by atoms with Gasteiger partial charge in [-0.15, -0.1) is 0 Å². The number of amides is 2. The third-order valence-electron chi connectivity index (χ3n) is 2.86. The van der Waals surface area contributed by atoms with Crippen molar-refractivity contribution in [3.8, 4) is 0 Å². The lowest BCUT2D eigenvalue weighted by atomic mass is 10.1. The summed E-state index contributed by atoms with van der Waals surface area (Å²) in [5.41, 5.74) is 1.88. The van der Waals surface area contributed by atoms with E-state index >= 15 is 0 Å². The third-order valence-corrected chi connectivity index (χ3v) is 3.77. The van der Waals surface area contributed by atoms with E-state index < -0.39 is 17.1 Å². The molecule has 1 aromatic carbocycles. The second kappa shape index (κ2) is 5.92. The highest BCUT2D eigenvalue weighted by Crippen LogP contribution is 2.32. The van der Waals surface area contributed by atoms with Crippen LogP contribution in [0.2, 0.25) is 0 Å². The minimum absolute atomic E-state index is 0.313. The standard InChI is InChI=1S/C14H13NO4S/c1-9-5-3-4-6-10(9)7-11-13(17)15(14(18)20-11)8-12(16)19-2/h3-7H,8H2,1-2H3. The van der Waals surface area contributed by atoms with Crippen molar-refractivity contribution in [2.24, 2.45) is 0 Å².